The van der Waals surface area contributed by atoms with Crippen LogP contribution < -0.4 is 10.5 Å². The van der Waals surface area contributed by atoms with Gasteiger partial charge in [0, 0.05) is 18.8 Å². The highest BCUT2D eigenvalue weighted by Gasteiger charge is 2.22. The van der Waals surface area contributed by atoms with Crippen LogP contribution in [0.15, 0.2) is 36.7 Å². The molecule has 1 atom stereocenters. The van der Waals surface area contributed by atoms with Crippen molar-refractivity contribution in [3.8, 4) is 5.75 Å². The van der Waals surface area contributed by atoms with Crippen molar-refractivity contribution in [3.63, 3.8) is 0 Å². The van der Waals surface area contributed by atoms with Crippen LogP contribution in [0.4, 0.5) is 0 Å². The van der Waals surface area contributed by atoms with Crippen molar-refractivity contribution in [2.45, 2.75) is 18.9 Å². The lowest BCUT2D eigenvalue weighted by molar-refractivity contribution is 0.410. The molecule has 0 aliphatic rings. The molecule has 0 saturated heterocycles. The van der Waals surface area contributed by atoms with Crippen molar-refractivity contribution in [1.29, 1.82) is 0 Å². The Hall–Kier alpha value is -1.81. The van der Waals surface area contributed by atoms with Gasteiger partial charge in [0.05, 0.1) is 13.3 Å². The smallest absolute Gasteiger partial charge is 0.119 e. The summed E-state index contributed by atoms with van der Waals surface area (Å²) in [6, 6.07) is 7.89. The Balaban J connectivity index is 2.23. The third-order valence-electron chi connectivity index (χ3n) is 3.06. The van der Waals surface area contributed by atoms with Crippen LogP contribution >= 0.6 is 0 Å². The summed E-state index contributed by atoms with van der Waals surface area (Å²) in [6.45, 7) is 2.02. The van der Waals surface area contributed by atoms with Gasteiger partial charge in [-0.05, 0) is 36.6 Å². The number of ether oxygens (including phenoxy) is 1. The van der Waals surface area contributed by atoms with Gasteiger partial charge < -0.3 is 10.5 Å². The molecule has 1 heterocycles. The molecule has 2 N–H and O–H groups in total. The molecule has 2 aromatic rings. The van der Waals surface area contributed by atoms with E-state index in [4.69, 9.17) is 10.5 Å². The van der Waals surface area contributed by atoms with E-state index in [1.807, 2.05) is 50.6 Å². The minimum absolute atomic E-state index is 0.433. The second-order valence-electron chi connectivity index (χ2n) is 4.85. The molecule has 0 amide bonds. The Morgan fingerprint density at radius 3 is 2.83 bits per heavy atom. The van der Waals surface area contributed by atoms with Crippen LogP contribution in [0.1, 0.15) is 18.1 Å². The largest absolute Gasteiger partial charge is 0.497 e. The minimum atomic E-state index is -0.433. The lowest BCUT2D eigenvalue weighted by Gasteiger charge is -2.25. The Morgan fingerprint density at radius 2 is 2.22 bits per heavy atom. The number of nitrogens with zero attached hydrogens (tertiary/aromatic N) is 2. The summed E-state index contributed by atoms with van der Waals surface area (Å²) in [7, 11) is 3.57. The van der Waals surface area contributed by atoms with Gasteiger partial charge in [-0.2, -0.15) is 5.10 Å². The summed E-state index contributed by atoms with van der Waals surface area (Å²) in [6.07, 6.45) is 4.59. The maximum atomic E-state index is 6.41. The Morgan fingerprint density at radius 1 is 1.44 bits per heavy atom. The summed E-state index contributed by atoms with van der Waals surface area (Å²) < 4.78 is 7.02. The summed E-state index contributed by atoms with van der Waals surface area (Å²) in [5, 5.41) is 4.16. The predicted octanol–water partition coefficient (Wildman–Crippen LogP) is 1.85. The lowest BCUT2D eigenvalue weighted by atomic mass is 9.87. The molecule has 1 aromatic carbocycles. The number of aryl methyl sites for hydroxylation is 1. The highest BCUT2D eigenvalue weighted by Crippen LogP contribution is 2.25. The average molecular weight is 245 g/mol. The highest BCUT2D eigenvalue weighted by molar-refractivity contribution is 5.34. The number of aromatic nitrogens is 2. The first kappa shape index (κ1) is 12.6. The second-order valence-corrected chi connectivity index (χ2v) is 4.85. The molecule has 18 heavy (non-hydrogen) atoms. The molecule has 4 nitrogen and oxygen atoms in total. The fourth-order valence-corrected chi connectivity index (χ4v) is 2.07. The molecule has 4 heteroatoms. The van der Waals surface area contributed by atoms with Gasteiger partial charge in [0.25, 0.3) is 0 Å². The standard InChI is InChI=1S/C14H19N3O/c1-14(15,8-11-9-16-17(2)10-11)12-5-4-6-13(7-12)18-3/h4-7,9-10H,8,15H2,1-3H3. The Labute approximate surface area is 107 Å². The van der Waals surface area contributed by atoms with Gasteiger partial charge in [-0.1, -0.05) is 12.1 Å². The van der Waals surface area contributed by atoms with E-state index < -0.39 is 5.54 Å². The van der Waals surface area contributed by atoms with Gasteiger partial charge in [-0.25, -0.2) is 0 Å². The van der Waals surface area contributed by atoms with Crippen LogP contribution in [0.2, 0.25) is 0 Å². The zero-order valence-corrected chi connectivity index (χ0v) is 11.1. The van der Waals surface area contributed by atoms with Crippen LogP contribution in [-0.2, 0) is 19.0 Å². The lowest BCUT2D eigenvalue weighted by Crippen LogP contribution is -2.35. The van der Waals surface area contributed by atoms with E-state index in [0.717, 1.165) is 23.3 Å². The highest BCUT2D eigenvalue weighted by atomic mass is 16.5. The maximum Gasteiger partial charge on any atom is 0.119 e. The molecular weight excluding hydrogens is 226 g/mol. The van der Waals surface area contributed by atoms with Crippen LogP contribution in [0.3, 0.4) is 0 Å². The van der Waals surface area contributed by atoms with Crippen molar-refractivity contribution < 1.29 is 4.74 Å². The number of nitrogens with two attached hydrogens (primary N) is 1. The van der Waals surface area contributed by atoms with E-state index in [1.165, 1.54) is 0 Å². The quantitative estimate of drug-likeness (QED) is 0.894. The van der Waals surface area contributed by atoms with E-state index in [9.17, 15) is 0 Å². The molecule has 1 unspecified atom stereocenters. The summed E-state index contributed by atoms with van der Waals surface area (Å²) in [5.74, 6) is 0.829. The molecule has 0 aliphatic heterocycles. The van der Waals surface area contributed by atoms with Gasteiger partial charge in [0.1, 0.15) is 5.75 Å². The third kappa shape index (κ3) is 2.71. The van der Waals surface area contributed by atoms with Crippen molar-refractivity contribution in [3.05, 3.63) is 47.8 Å². The third-order valence-corrected chi connectivity index (χ3v) is 3.06. The fourth-order valence-electron chi connectivity index (χ4n) is 2.07. The second kappa shape index (κ2) is 4.82. The number of benzene rings is 1. The van der Waals surface area contributed by atoms with Crippen LogP contribution in [-0.4, -0.2) is 16.9 Å². The molecule has 0 radical (unpaired) electrons. The molecule has 0 spiro atoms. The summed E-state index contributed by atoms with van der Waals surface area (Å²) in [4.78, 5) is 0. The number of methoxy groups -OCH3 is 1. The maximum absolute atomic E-state index is 6.41. The van der Waals surface area contributed by atoms with Gasteiger partial charge in [-0.15, -0.1) is 0 Å². The Bertz CT molecular complexity index is 531. The van der Waals surface area contributed by atoms with Crippen LogP contribution in [0, 0.1) is 0 Å². The average Bonchev–Trinajstić information content (AvgIpc) is 2.74. The predicted molar refractivity (Wildman–Crippen MR) is 71.4 cm³/mol. The molecule has 1 aromatic heterocycles. The van der Waals surface area contributed by atoms with E-state index in [0.29, 0.717) is 0 Å². The van der Waals surface area contributed by atoms with Gasteiger partial charge in [-0.3, -0.25) is 4.68 Å². The summed E-state index contributed by atoms with van der Waals surface area (Å²) >= 11 is 0. The van der Waals surface area contributed by atoms with E-state index in [2.05, 4.69) is 5.10 Å². The zero-order chi connectivity index (χ0) is 13.2. The van der Waals surface area contributed by atoms with Crippen LogP contribution in [0.25, 0.3) is 0 Å². The number of rotatable bonds is 4. The number of hydrogen-bond donors (Lipinski definition) is 1. The van der Waals surface area contributed by atoms with Gasteiger partial charge in [0.2, 0.25) is 0 Å². The van der Waals surface area contributed by atoms with Crippen molar-refractivity contribution in [2.24, 2.45) is 12.8 Å². The first-order chi connectivity index (χ1) is 8.51. The van der Waals surface area contributed by atoms with Crippen molar-refractivity contribution in [2.75, 3.05) is 7.11 Å². The molecule has 0 bridgehead atoms. The molecular formula is C14H19N3O. The van der Waals surface area contributed by atoms with Gasteiger partial charge >= 0.3 is 0 Å². The molecule has 0 saturated carbocycles. The van der Waals surface area contributed by atoms with E-state index in [1.54, 1.807) is 11.8 Å². The van der Waals surface area contributed by atoms with E-state index >= 15 is 0 Å². The van der Waals surface area contributed by atoms with Crippen molar-refractivity contribution >= 4 is 0 Å². The summed E-state index contributed by atoms with van der Waals surface area (Å²) in [5.41, 5.74) is 8.17. The zero-order valence-electron chi connectivity index (χ0n) is 11.1. The van der Waals surface area contributed by atoms with Crippen molar-refractivity contribution in [1.82, 2.24) is 9.78 Å². The van der Waals surface area contributed by atoms with Crippen LogP contribution in [0.5, 0.6) is 5.75 Å². The first-order valence-electron chi connectivity index (χ1n) is 5.92. The Kier molecular flexibility index (Phi) is 3.39. The molecule has 96 valence electrons. The van der Waals surface area contributed by atoms with Gasteiger partial charge in [0.15, 0.2) is 0 Å². The van der Waals surface area contributed by atoms with E-state index in [-0.39, 0.29) is 0 Å². The number of hydrogen-bond acceptors (Lipinski definition) is 3. The molecule has 0 fully saturated rings. The topological polar surface area (TPSA) is 53.1 Å². The SMILES string of the molecule is COc1cccc(C(C)(N)Cc2cnn(C)c2)c1. The first-order valence-corrected chi connectivity index (χ1v) is 5.92. The monoisotopic (exact) mass is 245 g/mol. The normalized spacial score (nSPS) is 14.2. The minimum Gasteiger partial charge on any atom is -0.497 e. The molecule has 2 rings (SSSR count). The fraction of sp³-hybridized carbons (Fsp3) is 0.357. The molecule has 0 aliphatic carbocycles.